The van der Waals surface area contributed by atoms with Crippen LogP contribution in [0.15, 0.2) is 0 Å². The zero-order valence-corrected chi connectivity index (χ0v) is 6.44. The molecule has 3 atom stereocenters. The molecule has 0 aromatic carbocycles. The maximum Gasteiger partial charge on any atom is 0.0850 e. The van der Waals surface area contributed by atoms with Crippen molar-refractivity contribution in [3.8, 4) is 0 Å². The second-order valence-corrected chi connectivity index (χ2v) is 2.93. The Morgan fingerprint density at radius 2 is 2.18 bits per heavy atom. The van der Waals surface area contributed by atoms with Crippen molar-refractivity contribution in [2.24, 2.45) is 5.73 Å². The van der Waals surface area contributed by atoms with E-state index >= 15 is 0 Å². The van der Waals surface area contributed by atoms with Gasteiger partial charge in [-0.3, -0.25) is 0 Å². The molecular formula is C7H15NO3. The van der Waals surface area contributed by atoms with Gasteiger partial charge in [0.1, 0.15) is 0 Å². The summed E-state index contributed by atoms with van der Waals surface area (Å²) >= 11 is 0. The first kappa shape index (κ1) is 8.93. The fourth-order valence-electron chi connectivity index (χ4n) is 1.40. The largest absolute Gasteiger partial charge is 0.394 e. The average molecular weight is 161 g/mol. The molecule has 0 aromatic rings. The average Bonchev–Trinajstić information content (AvgIpc) is 2.26. The summed E-state index contributed by atoms with van der Waals surface area (Å²) in [6, 6.07) is 0.0497. The van der Waals surface area contributed by atoms with Crippen LogP contribution in [-0.2, 0) is 4.74 Å². The predicted octanol–water partition coefficient (Wildman–Crippen LogP) is -1.15. The lowest BCUT2D eigenvalue weighted by Crippen LogP contribution is -2.24. The fourth-order valence-corrected chi connectivity index (χ4v) is 1.40. The summed E-state index contributed by atoms with van der Waals surface area (Å²) in [5.74, 6) is 0. The summed E-state index contributed by atoms with van der Waals surface area (Å²) in [7, 11) is 0. The van der Waals surface area contributed by atoms with E-state index < -0.39 is 6.10 Å². The summed E-state index contributed by atoms with van der Waals surface area (Å²) in [6.07, 6.45) is 0.686. The minimum atomic E-state index is -0.448. The van der Waals surface area contributed by atoms with E-state index in [1.165, 1.54) is 0 Å². The second kappa shape index (κ2) is 4.01. The van der Waals surface area contributed by atoms with Gasteiger partial charge in [0.15, 0.2) is 0 Å². The summed E-state index contributed by atoms with van der Waals surface area (Å²) in [5.41, 5.74) is 5.58. The predicted molar refractivity (Wildman–Crippen MR) is 40.0 cm³/mol. The number of ether oxygens (including phenoxy) is 1. The topological polar surface area (TPSA) is 75.7 Å². The van der Waals surface area contributed by atoms with Gasteiger partial charge in [-0.25, -0.2) is 0 Å². The van der Waals surface area contributed by atoms with Crippen molar-refractivity contribution in [2.75, 3.05) is 13.2 Å². The van der Waals surface area contributed by atoms with Crippen LogP contribution >= 0.6 is 0 Å². The molecule has 0 saturated heterocycles. The lowest BCUT2D eigenvalue weighted by atomic mass is 10.3. The van der Waals surface area contributed by atoms with Gasteiger partial charge in [-0.1, -0.05) is 0 Å². The molecular weight excluding hydrogens is 146 g/mol. The molecule has 0 radical (unpaired) electrons. The Hall–Kier alpha value is -0.160. The van der Waals surface area contributed by atoms with Gasteiger partial charge in [0, 0.05) is 6.04 Å². The van der Waals surface area contributed by atoms with Gasteiger partial charge in [0.2, 0.25) is 0 Å². The summed E-state index contributed by atoms with van der Waals surface area (Å²) in [6.45, 7) is 0.285. The highest BCUT2D eigenvalue weighted by molar-refractivity contribution is 4.86. The number of aliphatic hydroxyl groups is 2. The monoisotopic (exact) mass is 161 g/mol. The lowest BCUT2D eigenvalue weighted by molar-refractivity contribution is -0.0302. The van der Waals surface area contributed by atoms with Crippen molar-refractivity contribution < 1.29 is 14.9 Å². The van der Waals surface area contributed by atoms with Crippen LogP contribution in [0.25, 0.3) is 0 Å². The van der Waals surface area contributed by atoms with Gasteiger partial charge in [0.25, 0.3) is 0 Å². The zero-order chi connectivity index (χ0) is 8.27. The Morgan fingerprint density at radius 3 is 2.64 bits per heavy atom. The van der Waals surface area contributed by atoms with E-state index in [2.05, 4.69) is 0 Å². The van der Waals surface area contributed by atoms with E-state index in [0.717, 1.165) is 0 Å². The van der Waals surface area contributed by atoms with Crippen molar-refractivity contribution in [1.29, 1.82) is 0 Å². The minimum absolute atomic E-state index is 0.00153. The third kappa shape index (κ3) is 2.41. The Balaban J connectivity index is 2.23. The molecule has 0 amide bonds. The molecule has 11 heavy (non-hydrogen) atoms. The maximum atomic E-state index is 9.30. The van der Waals surface area contributed by atoms with E-state index in [1.807, 2.05) is 0 Å². The number of aliphatic hydroxyl groups excluding tert-OH is 2. The molecule has 0 spiro atoms. The quantitative estimate of drug-likeness (QED) is 0.488. The van der Waals surface area contributed by atoms with Gasteiger partial charge >= 0.3 is 0 Å². The van der Waals surface area contributed by atoms with Gasteiger partial charge in [-0.15, -0.1) is 0 Å². The van der Waals surface area contributed by atoms with E-state index in [4.69, 9.17) is 15.6 Å². The van der Waals surface area contributed by atoms with Gasteiger partial charge in [-0.2, -0.15) is 0 Å². The van der Waals surface area contributed by atoms with Crippen LogP contribution in [0.3, 0.4) is 0 Å². The van der Waals surface area contributed by atoms with Crippen LogP contribution in [-0.4, -0.2) is 41.7 Å². The minimum Gasteiger partial charge on any atom is -0.394 e. The molecule has 1 saturated carbocycles. The van der Waals surface area contributed by atoms with E-state index in [-0.39, 0.29) is 25.4 Å². The lowest BCUT2D eigenvalue weighted by Gasteiger charge is -2.13. The molecule has 4 N–H and O–H groups in total. The number of rotatable bonds is 3. The van der Waals surface area contributed by atoms with Crippen LogP contribution in [0.2, 0.25) is 0 Å². The van der Waals surface area contributed by atoms with Gasteiger partial charge < -0.3 is 20.7 Å². The Labute approximate surface area is 66.0 Å². The Bertz CT molecular complexity index is 120. The second-order valence-electron chi connectivity index (χ2n) is 2.93. The Kier molecular flexibility index (Phi) is 3.26. The molecule has 66 valence electrons. The highest BCUT2D eigenvalue weighted by Crippen LogP contribution is 2.20. The fraction of sp³-hybridized carbons (Fsp3) is 1.00. The molecule has 1 aliphatic rings. The standard InChI is InChI=1S/C7H15NO3/c8-5-3-6(10)7(4-5)11-2-1-9/h5-7,9-10H,1-4,8H2. The molecule has 0 aromatic heterocycles. The molecule has 1 fully saturated rings. The highest BCUT2D eigenvalue weighted by atomic mass is 16.5. The number of hydrogen-bond donors (Lipinski definition) is 3. The first-order chi connectivity index (χ1) is 5.24. The summed E-state index contributed by atoms with van der Waals surface area (Å²) in [5, 5.41) is 17.7. The van der Waals surface area contributed by atoms with Crippen LogP contribution in [0, 0.1) is 0 Å². The van der Waals surface area contributed by atoms with Crippen LogP contribution < -0.4 is 5.73 Å². The summed E-state index contributed by atoms with van der Waals surface area (Å²) in [4.78, 5) is 0. The normalized spacial score (nSPS) is 37.9. The molecule has 4 heteroatoms. The molecule has 0 aliphatic heterocycles. The summed E-state index contributed by atoms with van der Waals surface area (Å²) < 4.78 is 5.15. The smallest absolute Gasteiger partial charge is 0.0850 e. The van der Waals surface area contributed by atoms with Crippen molar-refractivity contribution in [3.05, 3.63) is 0 Å². The Morgan fingerprint density at radius 1 is 1.45 bits per heavy atom. The molecule has 4 nitrogen and oxygen atoms in total. The molecule has 1 rings (SSSR count). The third-order valence-corrected chi connectivity index (χ3v) is 1.93. The van der Waals surface area contributed by atoms with E-state index in [0.29, 0.717) is 12.8 Å². The van der Waals surface area contributed by atoms with Gasteiger partial charge in [0.05, 0.1) is 25.4 Å². The molecule has 1 aliphatic carbocycles. The molecule has 0 bridgehead atoms. The van der Waals surface area contributed by atoms with Crippen LogP contribution in [0.1, 0.15) is 12.8 Å². The third-order valence-electron chi connectivity index (χ3n) is 1.93. The maximum absolute atomic E-state index is 9.30. The van der Waals surface area contributed by atoms with Crippen molar-refractivity contribution in [2.45, 2.75) is 31.1 Å². The highest BCUT2D eigenvalue weighted by Gasteiger charge is 2.31. The first-order valence-corrected chi connectivity index (χ1v) is 3.90. The van der Waals surface area contributed by atoms with Crippen molar-refractivity contribution in [3.63, 3.8) is 0 Å². The molecule has 3 unspecified atom stereocenters. The van der Waals surface area contributed by atoms with Crippen molar-refractivity contribution >= 4 is 0 Å². The molecule has 0 heterocycles. The van der Waals surface area contributed by atoms with E-state index in [9.17, 15) is 5.11 Å². The van der Waals surface area contributed by atoms with Crippen LogP contribution in [0.5, 0.6) is 0 Å². The van der Waals surface area contributed by atoms with Crippen LogP contribution in [0.4, 0.5) is 0 Å². The SMILES string of the molecule is NC1CC(O)C(OCCO)C1. The van der Waals surface area contributed by atoms with Gasteiger partial charge in [-0.05, 0) is 12.8 Å². The number of nitrogens with two attached hydrogens (primary N) is 1. The first-order valence-electron chi connectivity index (χ1n) is 3.90. The number of hydrogen-bond acceptors (Lipinski definition) is 4. The van der Waals surface area contributed by atoms with Crippen molar-refractivity contribution in [1.82, 2.24) is 0 Å². The van der Waals surface area contributed by atoms with E-state index in [1.54, 1.807) is 0 Å². The zero-order valence-electron chi connectivity index (χ0n) is 6.44.